The highest BCUT2D eigenvalue weighted by Crippen LogP contribution is 2.35. The topological polar surface area (TPSA) is 12.0 Å². The maximum atomic E-state index is 3.61. The lowest BCUT2D eigenvalue weighted by atomic mass is 9.76. The van der Waals surface area contributed by atoms with E-state index in [1.54, 1.807) is 11.3 Å². The van der Waals surface area contributed by atoms with Crippen molar-refractivity contribution in [1.29, 1.82) is 0 Å². The third kappa shape index (κ3) is 3.57. The number of thiophene rings is 1. The zero-order valence-corrected chi connectivity index (χ0v) is 12.3. The number of hydrogen-bond acceptors (Lipinski definition) is 2. The summed E-state index contributed by atoms with van der Waals surface area (Å²) in [6.45, 7) is 4.61. The van der Waals surface area contributed by atoms with E-state index in [4.69, 9.17) is 0 Å². The molecule has 1 heterocycles. The predicted octanol–water partition coefficient (Wildman–Crippen LogP) is 4.57. The molecule has 3 heteroatoms. The summed E-state index contributed by atoms with van der Waals surface area (Å²) in [6.07, 6.45) is 7.07. The molecule has 90 valence electrons. The molecule has 0 saturated heterocycles. The van der Waals surface area contributed by atoms with Crippen molar-refractivity contribution in [2.24, 2.45) is 5.41 Å². The van der Waals surface area contributed by atoms with Crippen LogP contribution in [0.15, 0.2) is 15.2 Å². The molecule has 0 unspecified atom stereocenters. The van der Waals surface area contributed by atoms with Gasteiger partial charge in [0.25, 0.3) is 0 Å². The molecule has 0 amide bonds. The van der Waals surface area contributed by atoms with Gasteiger partial charge in [-0.15, -0.1) is 11.3 Å². The zero-order chi connectivity index (χ0) is 11.4. The maximum absolute atomic E-state index is 3.61. The summed E-state index contributed by atoms with van der Waals surface area (Å²) in [5.41, 5.74) is 1.95. The molecule has 1 aromatic heterocycles. The smallest absolute Gasteiger partial charge is 0.0701 e. The highest BCUT2D eigenvalue weighted by atomic mass is 79.9. The van der Waals surface area contributed by atoms with Gasteiger partial charge in [0, 0.05) is 13.1 Å². The monoisotopic (exact) mass is 301 g/mol. The van der Waals surface area contributed by atoms with Gasteiger partial charge in [-0.3, -0.25) is 0 Å². The van der Waals surface area contributed by atoms with E-state index < -0.39 is 0 Å². The van der Waals surface area contributed by atoms with E-state index in [1.165, 1.54) is 48.0 Å². The zero-order valence-electron chi connectivity index (χ0n) is 9.89. The van der Waals surface area contributed by atoms with Gasteiger partial charge in [0.2, 0.25) is 0 Å². The second kappa shape index (κ2) is 5.65. The quantitative estimate of drug-likeness (QED) is 0.859. The number of nitrogens with one attached hydrogen (secondary N) is 1. The van der Waals surface area contributed by atoms with Crippen LogP contribution in [-0.4, -0.2) is 6.54 Å². The Balaban J connectivity index is 1.74. The van der Waals surface area contributed by atoms with E-state index in [0.29, 0.717) is 5.41 Å². The van der Waals surface area contributed by atoms with Crippen LogP contribution in [0, 0.1) is 5.41 Å². The van der Waals surface area contributed by atoms with E-state index in [1.807, 2.05) is 0 Å². The van der Waals surface area contributed by atoms with E-state index in [2.05, 4.69) is 39.6 Å². The van der Waals surface area contributed by atoms with Crippen molar-refractivity contribution in [2.45, 2.75) is 45.6 Å². The second-order valence-corrected chi connectivity index (χ2v) is 7.52. The van der Waals surface area contributed by atoms with E-state index in [-0.39, 0.29) is 0 Å². The van der Waals surface area contributed by atoms with Crippen LogP contribution in [0.5, 0.6) is 0 Å². The van der Waals surface area contributed by atoms with Crippen molar-refractivity contribution in [3.05, 3.63) is 20.8 Å². The predicted molar refractivity (Wildman–Crippen MR) is 74.9 cm³/mol. The van der Waals surface area contributed by atoms with Gasteiger partial charge >= 0.3 is 0 Å². The fourth-order valence-electron chi connectivity index (χ4n) is 2.53. The van der Waals surface area contributed by atoms with E-state index in [0.717, 1.165) is 6.54 Å². The summed E-state index contributed by atoms with van der Waals surface area (Å²) in [6, 6.07) is 2.21. The number of halogens is 1. The minimum Gasteiger partial charge on any atom is -0.312 e. The largest absolute Gasteiger partial charge is 0.312 e. The second-order valence-electron chi connectivity index (χ2n) is 5.23. The van der Waals surface area contributed by atoms with Gasteiger partial charge in [0.1, 0.15) is 0 Å². The van der Waals surface area contributed by atoms with Crippen LogP contribution in [0.4, 0.5) is 0 Å². The van der Waals surface area contributed by atoms with Crippen molar-refractivity contribution >= 4 is 27.3 Å². The van der Waals surface area contributed by atoms with Gasteiger partial charge in [-0.25, -0.2) is 0 Å². The van der Waals surface area contributed by atoms with Gasteiger partial charge in [0.05, 0.1) is 3.79 Å². The molecule has 2 rings (SSSR count). The summed E-state index contributed by atoms with van der Waals surface area (Å²) in [4.78, 5) is 0. The normalized spacial score (nSPS) is 19.9. The SMILES string of the molecule is CC1(CNCc2csc(Br)c2)CCCCC1. The van der Waals surface area contributed by atoms with Gasteiger partial charge in [-0.2, -0.15) is 0 Å². The van der Waals surface area contributed by atoms with Crippen LogP contribution < -0.4 is 5.32 Å². The lowest BCUT2D eigenvalue weighted by molar-refractivity contribution is 0.207. The van der Waals surface area contributed by atoms with E-state index >= 15 is 0 Å². The van der Waals surface area contributed by atoms with Gasteiger partial charge in [-0.05, 0) is 51.2 Å². The average Bonchev–Trinajstić information content (AvgIpc) is 2.65. The molecule has 1 nitrogen and oxygen atoms in total. The first-order valence-electron chi connectivity index (χ1n) is 6.12. The Morgan fingerprint density at radius 2 is 2.12 bits per heavy atom. The minimum atomic E-state index is 0.547. The molecule has 0 bridgehead atoms. The van der Waals surface area contributed by atoms with Gasteiger partial charge < -0.3 is 5.32 Å². The van der Waals surface area contributed by atoms with E-state index in [9.17, 15) is 0 Å². The molecule has 1 aliphatic rings. The van der Waals surface area contributed by atoms with Crippen molar-refractivity contribution in [1.82, 2.24) is 5.32 Å². The Hall–Kier alpha value is 0.140. The third-order valence-electron chi connectivity index (χ3n) is 3.56. The molecule has 1 N–H and O–H groups in total. The first kappa shape index (κ1) is 12.6. The summed E-state index contributed by atoms with van der Waals surface area (Å²) < 4.78 is 1.23. The molecule has 1 saturated carbocycles. The molecule has 16 heavy (non-hydrogen) atoms. The highest BCUT2D eigenvalue weighted by Gasteiger charge is 2.25. The summed E-state index contributed by atoms with van der Waals surface area (Å²) in [7, 11) is 0. The van der Waals surface area contributed by atoms with Gasteiger partial charge in [0.15, 0.2) is 0 Å². The Labute approximate surface area is 111 Å². The fourth-order valence-corrected chi connectivity index (χ4v) is 3.74. The fraction of sp³-hybridized carbons (Fsp3) is 0.692. The molecule has 0 radical (unpaired) electrons. The average molecular weight is 302 g/mol. The van der Waals surface area contributed by atoms with Crippen molar-refractivity contribution in [3.63, 3.8) is 0 Å². The Morgan fingerprint density at radius 1 is 1.38 bits per heavy atom. The lowest BCUT2D eigenvalue weighted by Crippen LogP contribution is -2.33. The van der Waals surface area contributed by atoms with Crippen LogP contribution in [-0.2, 0) is 6.54 Å². The van der Waals surface area contributed by atoms with Crippen molar-refractivity contribution < 1.29 is 0 Å². The summed E-state index contributed by atoms with van der Waals surface area (Å²) >= 11 is 5.27. The number of rotatable bonds is 4. The number of hydrogen-bond donors (Lipinski definition) is 1. The van der Waals surface area contributed by atoms with Gasteiger partial charge in [-0.1, -0.05) is 26.2 Å². The van der Waals surface area contributed by atoms with Crippen LogP contribution in [0.2, 0.25) is 0 Å². The first-order valence-corrected chi connectivity index (χ1v) is 7.79. The molecular formula is C13H20BrNS. The molecule has 0 spiro atoms. The molecule has 1 fully saturated rings. The molecule has 1 aromatic rings. The van der Waals surface area contributed by atoms with Crippen molar-refractivity contribution in [2.75, 3.05) is 6.54 Å². The molecule has 0 aliphatic heterocycles. The van der Waals surface area contributed by atoms with Crippen LogP contribution >= 0.6 is 27.3 Å². The standard InChI is InChI=1S/C13H20BrNS/c1-13(5-3-2-4-6-13)10-15-8-11-7-12(14)16-9-11/h7,9,15H,2-6,8,10H2,1H3. The molecular weight excluding hydrogens is 282 g/mol. The Kier molecular flexibility index (Phi) is 4.45. The maximum Gasteiger partial charge on any atom is 0.0701 e. The summed E-state index contributed by atoms with van der Waals surface area (Å²) in [5.74, 6) is 0. The molecule has 1 aliphatic carbocycles. The highest BCUT2D eigenvalue weighted by molar-refractivity contribution is 9.11. The lowest BCUT2D eigenvalue weighted by Gasteiger charge is -2.33. The minimum absolute atomic E-state index is 0.547. The van der Waals surface area contributed by atoms with Crippen molar-refractivity contribution in [3.8, 4) is 0 Å². The van der Waals surface area contributed by atoms with Crippen LogP contribution in [0.1, 0.15) is 44.6 Å². The summed E-state index contributed by atoms with van der Waals surface area (Å²) in [5, 5.41) is 5.83. The Morgan fingerprint density at radius 3 is 2.75 bits per heavy atom. The van der Waals surface area contributed by atoms with Crippen LogP contribution in [0.3, 0.4) is 0 Å². The molecule has 0 atom stereocenters. The van der Waals surface area contributed by atoms with Crippen LogP contribution in [0.25, 0.3) is 0 Å². The Bertz CT molecular complexity index is 328. The molecule has 0 aromatic carbocycles. The first-order chi connectivity index (χ1) is 7.68. The third-order valence-corrected chi connectivity index (χ3v) is 5.12.